The SMILES string of the molecule is CC1(C)CCC2(CC1)N[C@@H](C(=O)N[C@@H]1CC[C@@H](C(=O)O)OC1)[C@H](c1cccc(Cl)c1F)[C@]21C(=O)Nc2cc(Cl)ncc21. The van der Waals surface area contributed by atoms with Crippen LogP contribution in [0.5, 0.6) is 0 Å². The fourth-order valence-electron chi connectivity index (χ4n) is 7.65. The molecule has 1 aliphatic carbocycles. The van der Waals surface area contributed by atoms with Crippen LogP contribution in [-0.4, -0.2) is 58.2 Å². The highest BCUT2D eigenvalue weighted by atomic mass is 35.5. The van der Waals surface area contributed by atoms with Gasteiger partial charge < -0.3 is 20.5 Å². The Balaban J connectivity index is 1.49. The first-order chi connectivity index (χ1) is 19.9. The second-order valence-electron chi connectivity index (χ2n) is 12.7. The Labute approximate surface area is 252 Å². The lowest BCUT2D eigenvalue weighted by atomic mass is 9.53. The Morgan fingerprint density at radius 1 is 1.17 bits per heavy atom. The fourth-order valence-corrected chi connectivity index (χ4v) is 7.99. The summed E-state index contributed by atoms with van der Waals surface area (Å²) in [6.07, 6.45) is 3.96. The van der Waals surface area contributed by atoms with E-state index in [2.05, 4.69) is 34.8 Å². The first-order valence-electron chi connectivity index (χ1n) is 14.2. The molecule has 2 amide bonds. The van der Waals surface area contributed by atoms with Gasteiger partial charge in [0.1, 0.15) is 16.4 Å². The number of nitrogens with zero attached hydrogens (tertiary/aromatic N) is 1. The lowest BCUT2D eigenvalue weighted by Gasteiger charge is -2.50. The van der Waals surface area contributed by atoms with Gasteiger partial charge in [0.05, 0.1) is 23.7 Å². The summed E-state index contributed by atoms with van der Waals surface area (Å²) in [4.78, 5) is 44.3. The predicted molar refractivity (Wildman–Crippen MR) is 154 cm³/mol. The van der Waals surface area contributed by atoms with Gasteiger partial charge in [-0.25, -0.2) is 14.2 Å². The summed E-state index contributed by atoms with van der Waals surface area (Å²) in [5.74, 6) is -3.50. The maximum absolute atomic E-state index is 16.0. The number of amides is 2. The van der Waals surface area contributed by atoms with E-state index >= 15 is 4.39 Å². The minimum absolute atomic E-state index is 0.0154. The molecule has 4 N–H and O–H groups in total. The zero-order valence-electron chi connectivity index (χ0n) is 23.3. The fraction of sp³-hybridized carbons (Fsp3) is 0.533. The number of rotatable bonds is 4. The monoisotopic (exact) mass is 618 g/mol. The van der Waals surface area contributed by atoms with Crippen molar-refractivity contribution in [2.45, 2.75) is 87.4 Å². The van der Waals surface area contributed by atoms with Gasteiger partial charge in [-0.3, -0.25) is 14.9 Å². The number of hydrogen-bond donors (Lipinski definition) is 4. The van der Waals surface area contributed by atoms with Gasteiger partial charge in [-0.2, -0.15) is 0 Å². The van der Waals surface area contributed by atoms with Crippen molar-refractivity contribution >= 4 is 46.7 Å². The minimum atomic E-state index is -1.40. The molecule has 6 rings (SSSR count). The number of anilines is 1. The van der Waals surface area contributed by atoms with E-state index in [1.54, 1.807) is 24.4 Å². The zero-order valence-corrected chi connectivity index (χ0v) is 24.8. The molecule has 0 bridgehead atoms. The lowest BCUT2D eigenvalue weighted by Crippen LogP contribution is -2.61. The smallest absolute Gasteiger partial charge is 0.332 e. The van der Waals surface area contributed by atoms with Crippen LogP contribution in [0.1, 0.15) is 69.4 Å². The van der Waals surface area contributed by atoms with Crippen LogP contribution in [-0.2, 0) is 24.5 Å². The minimum Gasteiger partial charge on any atom is -0.479 e. The van der Waals surface area contributed by atoms with Crippen molar-refractivity contribution in [3.05, 3.63) is 57.6 Å². The summed E-state index contributed by atoms with van der Waals surface area (Å²) in [6.45, 7) is 4.39. The van der Waals surface area contributed by atoms with Crippen LogP contribution in [0.2, 0.25) is 10.2 Å². The Hall–Kier alpha value is -2.79. The molecule has 1 aromatic heterocycles. The molecule has 42 heavy (non-hydrogen) atoms. The number of hydrogen-bond acceptors (Lipinski definition) is 6. The second-order valence-corrected chi connectivity index (χ2v) is 13.5. The molecule has 224 valence electrons. The molecular formula is C30H33Cl2FN4O5. The van der Waals surface area contributed by atoms with Gasteiger partial charge >= 0.3 is 5.97 Å². The third kappa shape index (κ3) is 4.49. The quantitative estimate of drug-likeness (QED) is 0.370. The summed E-state index contributed by atoms with van der Waals surface area (Å²) < 4.78 is 21.5. The van der Waals surface area contributed by atoms with Crippen molar-refractivity contribution in [1.29, 1.82) is 0 Å². The number of carbonyl (C=O) groups excluding carboxylic acids is 2. The number of benzene rings is 1. The van der Waals surface area contributed by atoms with Gasteiger partial charge in [0, 0.05) is 28.9 Å². The van der Waals surface area contributed by atoms with E-state index in [4.69, 9.17) is 27.9 Å². The highest BCUT2D eigenvalue weighted by Gasteiger charge is 2.73. The summed E-state index contributed by atoms with van der Waals surface area (Å²) in [7, 11) is 0. The Morgan fingerprint density at radius 2 is 1.90 bits per heavy atom. The van der Waals surface area contributed by atoms with Crippen molar-refractivity contribution in [3.8, 4) is 0 Å². The van der Waals surface area contributed by atoms with E-state index in [1.807, 2.05) is 0 Å². The summed E-state index contributed by atoms with van der Waals surface area (Å²) in [5, 5.41) is 19.0. The van der Waals surface area contributed by atoms with E-state index < -0.39 is 52.8 Å². The average Bonchev–Trinajstić information content (AvgIpc) is 3.40. The van der Waals surface area contributed by atoms with E-state index in [0.29, 0.717) is 30.5 Å². The van der Waals surface area contributed by atoms with Gasteiger partial charge in [0.2, 0.25) is 11.8 Å². The van der Waals surface area contributed by atoms with Crippen LogP contribution in [0.15, 0.2) is 30.5 Å². The molecule has 2 spiro atoms. The third-order valence-corrected chi connectivity index (χ3v) is 10.3. The number of ether oxygens (including phenoxy) is 1. The molecule has 5 atom stereocenters. The molecule has 0 radical (unpaired) electrons. The number of carbonyl (C=O) groups is 3. The molecule has 1 aromatic carbocycles. The first-order valence-corrected chi connectivity index (χ1v) is 15.0. The molecule has 0 unspecified atom stereocenters. The van der Waals surface area contributed by atoms with Crippen LogP contribution in [0.25, 0.3) is 0 Å². The normalized spacial score (nSPS) is 31.1. The van der Waals surface area contributed by atoms with E-state index in [9.17, 15) is 19.5 Å². The summed E-state index contributed by atoms with van der Waals surface area (Å²) in [5.41, 5.74) is -1.09. The van der Waals surface area contributed by atoms with Crippen molar-refractivity contribution < 1.29 is 28.6 Å². The molecule has 2 aromatic rings. The lowest BCUT2D eigenvalue weighted by molar-refractivity contribution is -0.154. The van der Waals surface area contributed by atoms with Gasteiger partial charge in [-0.15, -0.1) is 0 Å². The van der Waals surface area contributed by atoms with Gasteiger partial charge in [-0.05, 0) is 61.6 Å². The van der Waals surface area contributed by atoms with Crippen LogP contribution >= 0.6 is 23.2 Å². The number of aromatic nitrogens is 1. The number of halogens is 3. The van der Waals surface area contributed by atoms with E-state index in [1.165, 1.54) is 6.07 Å². The second kappa shape index (κ2) is 10.4. The van der Waals surface area contributed by atoms with Crippen molar-refractivity contribution in [2.75, 3.05) is 11.9 Å². The van der Waals surface area contributed by atoms with Crippen LogP contribution in [0, 0.1) is 11.2 Å². The maximum Gasteiger partial charge on any atom is 0.332 e. The maximum atomic E-state index is 16.0. The average molecular weight is 620 g/mol. The van der Waals surface area contributed by atoms with Crippen LogP contribution in [0.3, 0.4) is 0 Å². The van der Waals surface area contributed by atoms with Gasteiger partial charge in [0.15, 0.2) is 6.10 Å². The van der Waals surface area contributed by atoms with Crippen molar-refractivity contribution in [1.82, 2.24) is 15.6 Å². The summed E-state index contributed by atoms with van der Waals surface area (Å²) >= 11 is 12.5. The first kappa shape index (κ1) is 29.3. The molecule has 12 heteroatoms. The number of carboxylic acids is 1. The zero-order chi connectivity index (χ0) is 30.0. The van der Waals surface area contributed by atoms with Crippen molar-refractivity contribution in [2.24, 2.45) is 5.41 Å². The Bertz CT molecular complexity index is 1450. The molecule has 3 aliphatic heterocycles. The highest BCUT2D eigenvalue weighted by molar-refractivity contribution is 6.31. The van der Waals surface area contributed by atoms with E-state index in [-0.39, 0.29) is 40.1 Å². The largest absolute Gasteiger partial charge is 0.479 e. The number of fused-ring (bicyclic) bond motifs is 3. The molecule has 3 fully saturated rings. The Kier molecular flexibility index (Phi) is 7.28. The van der Waals surface area contributed by atoms with E-state index in [0.717, 1.165) is 12.8 Å². The molecule has 9 nitrogen and oxygen atoms in total. The standard InChI is InChI=1S/C30H33Cl2FN4O5/c1-28(2)8-10-29(11-9-28)30(17-13-34-21(32)12-19(17)36-27(30)41)22(16-4-3-5-18(31)23(16)33)24(37-29)25(38)35-15-6-7-20(26(39)40)42-14-15/h3-5,12-13,15,20,22,24,37H,6-11,14H2,1-2H3,(H,35,38)(H,36,41)(H,39,40)/t15-,20+,22+,24-,30-/m1/s1. The Morgan fingerprint density at radius 3 is 2.57 bits per heavy atom. The van der Waals surface area contributed by atoms with Crippen molar-refractivity contribution in [3.63, 3.8) is 0 Å². The number of aliphatic carboxylic acids is 1. The molecular weight excluding hydrogens is 586 g/mol. The van der Waals surface area contributed by atoms with Crippen LogP contribution in [0.4, 0.5) is 10.1 Å². The third-order valence-electron chi connectivity index (χ3n) is 9.84. The van der Waals surface area contributed by atoms with Gasteiger partial charge in [-0.1, -0.05) is 49.2 Å². The molecule has 4 heterocycles. The predicted octanol–water partition coefficient (Wildman–Crippen LogP) is 4.56. The van der Waals surface area contributed by atoms with Gasteiger partial charge in [0.25, 0.3) is 0 Å². The number of carboxylic acid groups (broad SMARTS) is 1. The highest BCUT2D eigenvalue weighted by Crippen LogP contribution is 2.63. The molecule has 2 saturated heterocycles. The van der Waals surface area contributed by atoms with Crippen LogP contribution < -0.4 is 16.0 Å². The molecule has 1 saturated carbocycles. The topological polar surface area (TPSA) is 130 Å². The summed E-state index contributed by atoms with van der Waals surface area (Å²) in [6, 6.07) is 4.75. The number of pyridine rings is 1. The molecule has 4 aliphatic rings. The number of nitrogens with one attached hydrogen (secondary N) is 3.